The van der Waals surface area contributed by atoms with Crippen LogP contribution in [0.3, 0.4) is 0 Å². The number of carbonyl (C=O) groups is 2. The third-order valence-corrected chi connectivity index (χ3v) is 3.35. The van der Waals surface area contributed by atoms with E-state index in [4.69, 9.17) is 10.5 Å². The number of hydrogen-bond donors (Lipinski definition) is 2. The summed E-state index contributed by atoms with van der Waals surface area (Å²) >= 11 is 1.59. The second-order valence-corrected chi connectivity index (χ2v) is 6.87. The van der Waals surface area contributed by atoms with Crippen LogP contribution in [0.15, 0.2) is 0 Å². The quantitative estimate of drug-likeness (QED) is 0.705. The minimum atomic E-state index is -0.646. The zero-order valence-electron chi connectivity index (χ0n) is 11.8. The first-order valence-electron chi connectivity index (χ1n) is 6.04. The summed E-state index contributed by atoms with van der Waals surface area (Å²) < 4.78 is 4.96. The van der Waals surface area contributed by atoms with Crippen molar-refractivity contribution in [2.24, 2.45) is 5.73 Å². The van der Waals surface area contributed by atoms with Gasteiger partial charge in [0.2, 0.25) is 5.91 Å². The molecule has 2 atom stereocenters. The molecule has 0 heterocycles. The molecule has 0 rings (SSSR count). The molecule has 106 valence electrons. The van der Waals surface area contributed by atoms with Gasteiger partial charge in [0.25, 0.3) is 0 Å². The van der Waals surface area contributed by atoms with E-state index in [1.165, 1.54) is 0 Å². The molecule has 0 saturated carbocycles. The normalized spacial score (nSPS) is 14.8. The van der Waals surface area contributed by atoms with Crippen LogP contribution >= 0.6 is 11.8 Å². The number of nitrogens with two attached hydrogens (primary N) is 1. The minimum Gasteiger partial charge on any atom is -0.464 e. The summed E-state index contributed by atoms with van der Waals surface area (Å²) in [6.07, 6.45) is 0. The number of amides is 1. The molecule has 0 aromatic rings. The Kier molecular flexibility index (Phi) is 7.32. The van der Waals surface area contributed by atoms with E-state index in [-0.39, 0.29) is 10.7 Å². The molecule has 5 nitrogen and oxygen atoms in total. The Hall–Kier alpha value is -0.750. The van der Waals surface area contributed by atoms with Gasteiger partial charge in [-0.05, 0) is 13.8 Å². The van der Waals surface area contributed by atoms with Gasteiger partial charge >= 0.3 is 5.97 Å². The van der Waals surface area contributed by atoms with E-state index >= 15 is 0 Å². The molecular formula is C12H24N2O3S. The smallest absolute Gasteiger partial charge is 0.329 e. The monoisotopic (exact) mass is 276 g/mol. The molecule has 0 radical (unpaired) electrons. The average Bonchev–Trinajstić information content (AvgIpc) is 2.22. The summed E-state index contributed by atoms with van der Waals surface area (Å²) in [4.78, 5) is 23.3. The fourth-order valence-corrected chi connectivity index (χ4v) is 1.93. The Morgan fingerprint density at radius 1 is 1.39 bits per heavy atom. The van der Waals surface area contributed by atoms with Crippen molar-refractivity contribution in [1.82, 2.24) is 5.32 Å². The number of esters is 1. The van der Waals surface area contributed by atoms with E-state index in [0.717, 1.165) is 0 Å². The first kappa shape index (κ1) is 17.2. The summed E-state index contributed by atoms with van der Waals surface area (Å²) in [6.45, 7) is 9.75. The van der Waals surface area contributed by atoms with Gasteiger partial charge in [0, 0.05) is 10.5 Å². The number of rotatable bonds is 6. The predicted molar refractivity (Wildman–Crippen MR) is 74.4 cm³/mol. The van der Waals surface area contributed by atoms with Gasteiger partial charge in [0.05, 0.1) is 12.6 Å². The molecule has 18 heavy (non-hydrogen) atoms. The van der Waals surface area contributed by atoms with Crippen molar-refractivity contribution in [3.05, 3.63) is 0 Å². The van der Waals surface area contributed by atoms with E-state index in [2.05, 4.69) is 5.32 Å². The summed E-state index contributed by atoms with van der Waals surface area (Å²) in [5.74, 6) is -0.285. The first-order chi connectivity index (χ1) is 8.17. The number of ether oxygens (including phenoxy) is 1. The van der Waals surface area contributed by atoms with Crippen LogP contribution in [0.1, 0.15) is 34.6 Å². The van der Waals surface area contributed by atoms with Crippen LogP contribution < -0.4 is 11.1 Å². The standard InChI is InChI=1S/C12H24N2O3S/c1-6-17-11(16)9(7-18-12(3,4)5)14-10(15)8(2)13/h8-9H,6-7,13H2,1-5H3,(H,14,15)/t8?,9-/m0/s1. The summed E-state index contributed by atoms with van der Waals surface area (Å²) in [7, 11) is 0. The summed E-state index contributed by atoms with van der Waals surface area (Å²) in [5, 5.41) is 2.61. The summed E-state index contributed by atoms with van der Waals surface area (Å²) in [6, 6.07) is -1.28. The fourth-order valence-electron chi connectivity index (χ4n) is 1.05. The molecule has 1 amide bonds. The van der Waals surface area contributed by atoms with E-state index in [9.17, 15) is 9.59 Å². The fraction of sp³-hybridized carbons (Fsp3) is 0.833. The lowest BCUT2D eigenvalue weighted by Gasteiger charge is -2.23. The van der Waals surface area contributed by atoms with Crippen molar-refractivity contribution in [2.45, 2.75) is 51.4 Å². The maximum absolute atomic E-state index is 11.7. The Labute approximate surface area is 113 Å². The average molecular weight is 276 g/mol. The van der Waals surface area contributed by atoms with Crippen molar-refractivity contribution < 1.29 is 14.3 Å². The van der Waals surface area contributed by atoms with Crippen LogP contribution in [0, 0.1) is 0 Å². The molecule has 0 aliphatic carbocycles. The molecule has 0 aromatic carbocycles. The van der Waals surface area contributed by atoms with Crippen LogP contribution in [-0.4, -0.2) is 41.1 Å². The lowest BCUT2D eigenvalue weighted by Crippen LogP contribution is -2.49. The van der Waals surface area contributed by atoms with Crippen molar-refractivity contribution >= 4 is 23.6 Å². The molecule has 0 aliphatic rings. The number of nitrogens with one attached hydrogen (secondary N) is 1. The van der Waals surface area contributed by atoms with Gasteiger partial charge in [0.15, 0.2) is 0 Å². The van der Waals surface area contributed by atoms with E-state index in [1.54, 1.807) is 25.6 Å². The van der Waals surface area contributed by atoms with Crippen LogP contribution in [0.4, 0.5) is 0 Å². The van der Waals surface area contributed by atoms with Gasteiger partial charge in [-0.25, -0.2) is 4.79 Å². The van der Waals surface area contributed by atoms with Crippen molar-refractivity contribution in [2.75, 3.05) is 12.4 Å². The Morgan fingerprint density at radius 2 is 1.94 bits per heavy atom. The number of thioether (sulfide) groups is 1. The Bertz CT molecular complexity index is 288. The van der Waals surface area contributed by atoms with Crippen LogP contribution in [0.2, 0.25) is 0 Å². The Morgan fingerprint density at radius 3 is 2.33 bits per heavy atom. The van der Waals surface area contributed by atoms with Gasteiger partial charge in [-0.2, -0.15) is 11.8 Å². The molecule has 0 aliphatic heterocycles. The molecule has 0 bridgehead atoms. The van der Waals surface area contributed by atoms with Gasteiger partial charge in [-0.15, -0.1) is 0 Å². The van der Waals surface area contributed by atoms with Crippen molar-refractivity contribution in [3.8, 4) is 0 Å². The molecule has 0 fully saturated rings. The molecule has 0 aromatic heterocycles. The third-order valence-electron chi connectivity index (χ3n) is 1.98. The first-order valence-corrected chi connectivity index (χ1v) is 7.02. The van der Waals surface area contributed by atoms with Gasteiger partial charge < -0.3 is 15.8 Å². The highest BCUT2D eigenvalue weighted by Crippen LogP contribution is 2.23. The lowest BCUT2D eigenvalue weighted by molar-refractivity contribution is -0.146. The molecule has 1 unspecified atom stereocenters. The van der Waals surface area contributed by atoms with E-state index in [0.29, 0.717) is 12.4 Å². The van der Waals surface area contributed by atoms with Crippen molar-refractivity contribution in [3.63, 3.8) is 0 Å². The maximum atomic E-state index is 11.7. The zero-order valence-corrected chi connectivity index (χ0v) is 12.6. The minimum absolute atomic E-state index is 0.0177. The highest BCUT2D eigenvalue weighted by Gasteiger charge is 2.25. The SMILES string of the molecule is CCOC(=O)[C@H](CSC(C)(C)C)NC(=O)C(C)N. The highest BCUT2D eigenvalue weighted by atomic mass is 32.2. The van der Waals surface area contributed by atoms with Crippen LogP contribution in [0.5, 0.6) is 0 Å². The molecular weight excluding hydrogens is 252 g/mol. The van der Waals surface area contributed by atoms with Gasteiger partial charge in [-0.3, -0.25) is 4.79 Å². The van der Waals surface area contributed by atoms with E-state index in [1.807, 2.05) is 20.8 Å². The lowest BCUT2D eigenvalue weighted by atomic mass is 10.2. The summed E-state index contributed by atoms with van der Waals surface area (Å²) in [5.41, 5.74) is 5.47. The molecule has 3 N–H and O–H groups in total. The molecule has 0 saturated heterocycles. The van der Waals surface area contributed by atoms with Crippen LogP contribution in [0.25, 0.3) is 0 Å². The zero-order chi connectivity index (χ0) is 14.3. The number of hydrogen-bond acceptors (Lipinski definition) is 5. The number of carbonyl (C=O) groups excluding carboxylic acids is 2. The second-order valence-electron chi connectivity index (χ2n) is 5.03. The predicted octanol–water partition coefficient (Wildman–Crippen LogP) is 0.913. The van der Waals surface area contributed by atoms with Gasteiger partial charge in [0.1, 0.15) is 6.04 Å². The molecule has 0 spiro atoms. The highest BCUT2D eigenvalue weighted by molar-refractivity contribution is 8.00. The maximum Gasteiger partial charge on any atom is 0.329 e. The second kappa shape index (κ2) is 7.63. The van der Waals surface area contributed by atoms with Gasteiger partial charge in [-0.1, -0.05) is 20.8 Å². The van der Waals surface area contributed by atoms with E-state index < -0.39 is 18.1 Å². The molecule has 6 heteroatoms. The Balaban J connectivity index is 4.52. The largest absolute Gasteiger partial charge is 0.464 e. The third kappa shape index (κ3) is 7.55. The van der Waals surface area contributed by atoms with Crippen molar-refractivity contribution in [1.29, 1.82) is 0 Å². The topological polar surface area (TPSA) is 81.4 Å². The van der Waals surface area contributed by atoms with Crippen LogP contribution in [-0.2, 0) is 14.3 Å².